The summed E-state index contributed by atoms with van der Waals surface area (Å²) < 4.78 is 72.6. The SMILES string of the molecule is Nc1ccsc1-c1nc2c(C3CCN(C(=O)c4ccc(OC(F)(F)F)cc4)CC3)ccnc2[nH]1.O=C(O)C(F)(F)F. The standard InChI is InChI=1S/C23H20F3N5O2S.C2HF3O2/c24-23(25,26)33-15-3-1-14(2-4-15)22(32)31-10-6-13(7-11-31)16-5-9-28-20-18(16)29-21(30-20)19-17(27)8-12-34-19;3-2(4,5)1(6)7/h1-5,8-9,12-13H,6-7,10-11,27H2,(H,28,29,30);(H,6,7). The molecule has 1 saturated heterocycles. The van der Waals surface area contributed by atoms with Crippen LogP contribution in [0.25, 0.3) is 21.9 Å². The fourth-order valence-electron chi connectivity index (χ4n) is 4.25. The molecule has 9 nitrogen and oxygen atoms in total. The number of alkyl halides is 6. The van der Waals surface area contributed by atoms with Crippen molar-refractivity contribution < 1.29 is 45.8 Å². The van der Waals surface area contributed by atoms with Gasteiger partial charge in [0.25, 0.3) is 5.91 Å². The first-order chi connectivity index (χ1) is 19.2. The van der Waals surface area contributed by atoms with Crippen molar-refractivity contribution in [2.45, 2.75) is 31.3 Å². The van der Waals surface area contributed by atoms with Crippen LogP contribution in [0.3, 0.4) is 0 Å². The molecule has 0 aliphatic carbocycles. The first-order valence-electron chi connectivity index (χ1n) is 11.9. The largest absolute Gasteiger partial charge is 0.573 e. The number of rotatable bonds is 4. The number of aromatic amines is 1. The lowest BCUT2D eigenvalue weighted by Crippen LogP contribution is -2.38. The molecule has 5 rings (SSSR count). The summed E-state index contributed by atoms with van der Waals surface area (Å²) in [6, 6.07) is 8.80. The minimum atomic E-state index is -5.08. The van der Waals surface area contributed by atoms with Crippen molar-refractivity contribution in [3.63, 3.8) is 0 Å². The number of nitrogens with one attached hydrogen (secondary N) is 1. The second kappa shape index (κ2) is 11.6. The van der Waals surface area contributed by atoms with Gasteiger partial charge >= 0.3 is 18.5 Å². The number of aliphatic carboxylic acids is 1. The normalized spacial score (nSPS) is 14.4. The number of hydrogen-bond donors (Lipinski definition) is 3. The van der Waals surface area contributed by atoms with E-state index in [-0.39, 0.29) is 17.6 Å². The second-order valence-corrected chi connectivity index (χ2v) is 9.75. The van der Waals surface area contributed by atoms with E-state index in [4.69, 9.17) is 20.6 Å². The van der Waals surface area contributed by atoms with Crippen molar-refractivity contribution in [3.8, 4) is 16.5 Å². The summed E-state index contributed by atoms with van der Waals surface area (Å²) in [4.78, 5) is 36.8. The van der Waals surface area contributed by atoms with E-state index >= 15 is 0 Å². The Hall–Kier alpha value is -4.34. The number of piperidine rings is 1. The molecule has 1 aliphatic rings. The number of nitrogen functional groups attached to an aromatic ring is 1. The summed E-state index contributed by atoms with van der Waals surface area (Å²) in [7, 11) is 0. The molecule has 0 unspecified atom stereocenters. The number of carbonyl (C=O) groups is 2. The van der Waals surface area contributed by atoms with Crippen LogP contribution in [0.4, 0.5) is 32.0 Å². The molecular weight excluding hydrogens is 580 g/mol. The molecule has 1 aromatic carbocycles. The Morgan fingerprint density at radius 2 is 1.68 bits per heavy atom. The number of imidazole rings is 1. The van der Waals surface area contributed by atoms with Gasteiger partial charge in [-0.2, -0.15) is 13.2 Å². The van der Waals surface area contributed by atoms with Crippen LogP contribution in [0.2, 0.25) is 0 Å². The molecule has 0 radical (unpaired) electrons. The molecule has 0 saturated carbocycles. The number of fused-ring (bicyclic) bond motifs is 1. The molecule has 4 aromatic rings. The Morgan fingerprint density at radius 3 is 2.22 bits per heavy atom. The number of ether oxygens (including phenoxy) is 1. The second-order valence-electron chi connectivity index (χ2n) is 8.83. The van der Waals surface area contributed by atoms with Crippen LogP contribution in [-0.2, 0) is 4.79 Å². The Labute approximate surface area is 231 Å². The fourth-order valence-corrected chi connectivity index (χ4v) is 5.02. The van der Waals surface area contributed by atoms with Gasteiger partial charge in [-0.15, -0.1) is 24.5 Å². The highest BCUT2D eigenvalue weighted by atomic mass is 32.1. The third kappa shape index (κ3) is 7.25. The number of benzene rings is 1. The summed E-state index contributed by atoms with van der Waals surface area (Å²) in [6.45, 7) is 1.06. The van der Waals surface area contributed by atoms with Crippen molar-refractivity contribution >= 4 is 40.1 Å². The van der Waals surface area contributed by atoms with E-state index in [1.54, 1.807) is 11.1 Å². The zero-order chi connectivity index (χ0) is 29.9. The number of likely N-dealkylation sites (tertiary alicyclic amines) is 1. The molecular formula is C25H21F6N5O4S. The molecule has 3 aromatic heterocycles. The maximum atomic E-state index is 12.8. The molecule has 1 fully saturated rings. The summed E-state index contributed by atoms with van der Waals surface area (Å²) in [5.41, 5.74) is 9.59. The predicted molar refractivity (Wildman–Crippen MR) is 136 cm³/mol. The first-order valence-corrected chi connectivity index (χ1v) is 12.7. The van der Waals surface area contributed by atoms with Gasteiger partial charge in [0.05, 0.1) is 10.6 Å². The van der Waals surface area contributed by atoms with Crippen LogP contribution in [0.15, 0.2) is 48.0 Å². The number of carboxylic acid groups (broad SMARTS) is 1. The minimum absolute atomic E-state index is 0.203. The van der Waals surface area contributed by atoms with E-state index < -0.39 is 18.5 Å². The van der Waals surface area contributed by atoms with Crippen molar-refractivity contribution in [3.05, 3.63) is 59.1 Å². The Morgan fingerprint density at radius 1 is 1.05 bits per heavy atom. The zero-order valence-corrected chi connectivity index (χ0v) is 21.6. The average molecular weight is 602 g/mol. The summed E-state index contributed by atoms with van der Waals surface area (Å²) in [5, 5.41) is 9.04. The monoisotopic (exact) mass is 601 g/mol. The third-order valence-corrected chi connectivity index (χ3v) is 7.06. The smallest absolute Gasteiger partial charge is 0.475 e. The number of pyridine rings is 1. The first kappa shape index (κ1) is 29.6. The lowest BCUT2D eigenvalue weighted by molar-refractivity contribution is -0.274. The number of aromatic nitrogens is 3. The van der Waals surface area contributed by atoms with Gasteiger partial charge in [-0.3, -0.25) is 4.79 Å². The minimum Gasteiger partial charge on any atom is -0.475 e. The lowest BCUT2D eigenvalue weighted by atomic mass is 9.89. The number of H-pyrrole nitrogens is 1. The maximum absolute atomic E-state index is 12.8. The van der Waals surface area contributed by atoms with Gasteiger partial charge in [-0.25, -0.2) is 14.8 Å². The summed E-state index contributed by atoms with van der Waals surface area (Å²) >= 11 is 1.51. The van der Waals surface area contributed by atoms with E-state index in [0.29, 0.717) is 35.8 Å². The van der Waals surface area contributed by atoms with Crippen LogP contribution in [-0.4, -0.2) is 62.5 Å². The van der Waals surface area contributed by atoms with Crippen molar-refractivity contribution in [2.75, 3.05) is 18.8 Å². The lowest BCUT2D eigenvalue weighted by Gasteiger charge is -2.32. The number of nitrogens with two attached hydrogens (primary N) is 1. The van der Waals surface area contributed by atoms with Gasteiger partial charge in [0.1, 0.15) is 11.3 Å². The Bertz CT molecular complexity index is 1530. The number of halogens is 6. The van der Waals surface area contributed by atoms with Crippen LogP contribution in [0.5, 0.6) is 5.75 Å². The summed E-state index contributed by atoms with van der Waals surface area (Å²) in [5.74, 6) is -2.44. The number of anilines is 1. The maximum Gasteiger partial charge on any atom is 0.573 e. The van der Waals surface area contributed by atoms with Crippen LogP contribution in [0, 0.1) is 0 Å². The number of hydrogen-bond acceptors (Lipinski definition) is 7. The van der Waals surface area contributed by atoms with E-state index in [2.05, 4.69) is 14.7 Å². The van der Waals surface area contributed by atoms with Crippen LogP contribution < -0.4 is 10.5 Å². The highest BCUT2D eigenvalue weighted by Crippen LogP contribution is 2.35. The van der Waals surface area contributed by atoms with E-state index in [0.717, 1.165) is 40.9 Å². The quantitative estimate of drug-likeness (QED) is 0.251. The van der Waals surface area contributed by atoms with Gasteiger partial charge in [0.2, 0.25) is 0 Å². The Balaban J connectivity index is 0.000000493. The molecule has 0 bridgehead atoms. The summed E-state index contributed by atoms with van der Waals surface area (Å²) in [6.07, 6.45) is -6.62. The Kier molecular flexibility index (Phi) is 8.42. The van der Waals surface area contributed by atoms with Crippen molar-refractivity contribution in [1.82, 2.24) is 19.9 Å². The molecule has 16 heteroatoms. The number of thiophene rings is 1. The molecule has 1 aliphatic heterocycles. The topological polar surface area (TPSA) is 134 Å². The van der Waals surface area contributed by atoms with Gasteiger partial charge in [0, 0.05) is 24.8 Å². The zero-order valence-electron chi connectivity index (χ0n) is 20.8. The van der Waals surface area contributed by atoms with Gasteiger partial charge in [0.15, 0.2) is 11.5 Å². The predicted octanol–water partition coefficient (Wildman–Crippen LogP) is 5.82. The molecule has 0 atom stereocenters. The van der Waals surface area contributed by atoms with Crippen LogP contribution >= 0.6 is 11.3 Å². The van der Waals surface area contributed by atoms with Crippen molar-refractivity contribution in [1.29, 1.82) is 0 Å². The molecule has 41 heavy (non-hydrogen) atoms. The number of carboxylic acids is 1. The number of carbonyl (C=O) groups excluding carboxylic acids is 1. The fraction of sp³-hybridized carbons (Fsp3) is 0.280. The average Bonchev–Trinajstić information content (AvgIpc) is 3.53. The van der Waals surface area contributed by atoms with E-state index in [1.807, 2.05) is 17.5 Å². The highest BCUT2D eigenvalue weighted by Gasteiger charge is 2.38. The van der Waals surface area contributed by atoms with E-state index in [9.17, 15) is 31.1 Å². The van der Waals surface area contributed by atoms with Gasteiger partial charge < -0.3 is 25.5 Å². The number of amides is 1. The van der Waals surface area contributed by atoms with Crippen LogP contribution in [0.1, 0.15) is 34.7 Å². The van der Waals surface area contributed by atoms with Gasteiger partial charge in [-0.05, 0) is 66.1 Å². The van der Waals surface area contributed by atoms with E-state index in [1.165, 1.54) is 23.5 Å². The molecule has 4 heterocycles. The number of nitrogens with zero attached hydrogens (tertiary/aromatic N) is 3. The molecule has 218 valence electrons. The third-order valence-electron chi connectivity index (χ3n) is 6.13. The molecule has 0 spiro atoms. The molecule has 4 N–H and O–H groups in total. The highest BCUT2D eigenvalue weighted by molar-refractivity contribution is 7.14. The van der Waals surface area contributed by atoms with Crippen molar-refractivity contribution in [2.24, 2.45) is 0 Å². The molecule has 1 amide bonds. The van der Waals surface area contributed by atoms with Gasteiger partial charge in [-0.1, -0.05) is 0 Å².